The Morgan fingerprint density at radius 3 is 0.985 bits per heavy atom. The minimum absolute atomic E-state index is 0.0114. The molecule has 6 aliphatic heterocycles. The van der Waals surface area contributed by atoms with Crippen molar-refractivity contribution in [1.82, 2.24) is 4.90 Å². The van der Waals surface area contributed by atoms with Crippen molar-refractivity contribution in [3.05, 3.63) is 395 Å². The molecule has 27 nitrogen and oxygen atoms in total. The molecular weight excluding hydrogens is 1690 g/mol. The molecule has 0 N–H and O–H groups in total. The molecule has 0 aliphatic carbocycles. The summed E-state index contributed by atoms with van der Waals surface area (Å²) >= 11 is 0. The van der Waals surface area contributed by atoms with Crippen LogP contribution in [0, 0.1) is 11.8 Å². The number of hydrogen-bond acceptors (Lipinski definition) is 26. The van der Waals surface area contributed by atoms with E-state index in [1.165, 1.54) is 4.90 Å². The van der Waals surface area contributed by atoms with Gasteiger partial charge < -0.3 is 94.7 Å². The molecule has 11 aromatic carbocycles. The predicted molar refractivity (Wildman–Crippen MR) is 473 cm³/mol. The van der Waals surface area contributed by atoms with Crippen LogP contribution in [0.5, 0.6) is 0 Å². The molecule has 22 atom stereocenters. The predicted octanol–water partition coefficient (Wildman–Crippen LogP) is 15.9. The van der Waals surface area contributed by atoms with Crippen molar-refractivity contribution < 1.29 is 124 Å². The molecule has 22 unspecified atom stereocenters. The number of rotatable bonds is 33. The molecule has 6 saturated heterocycles. The molecule has 6 aliphatic rings. The standard InChI is InChI=1S/C105H101NO26/c1-67-84(123-94(107)73-44-22-7-23-45-73)80(62-113-59-70-38-16-4-17-39-70)120-102(86(67)124-95(108)74-46-24-8-25-47-74)132-91-89-83(65-116-100(130-89)79-56-34-13-35-57-79)122-104(93(91)127-98(111)77-52-30-11-31-53-77)128-85-68(2)87(125-96(109)75-48-26-9-27-49-75)103(121-81(85)63-114-60-71-40-18-5-19-41-71)131-90-88-82(64-115-99(129-88)78-54-32-12-33-55-78)119-101(92(90)126-97(110)76-50-28-10-29-51-76)118-66-106(58-69-36-14-3-15-37-69)105(112)117-61-72-42-20-6-21-43-72/h3-57,67-68,80-93,99-104H,58-66H2,1-2H3. The van der Waals surface area contributed by atoms with E-state index < -0.39 is 178 Å². The molecule has 6 heterocycles. The first kappa shape index (κ1) is 91.4. The van der Waals surface area contributed by atoms with E-state index in [9.17, 15) is 14.4 Å². The summed E-state index contributed by atoms with van der Waals surface area (Å²) < 4.78 is 139. The molecule has 11 aromatic rings. The van der Waals surface area contributed by atoms with Crippen LogP contribution in [0.3, 0.4) is 0 Å². The van der Waals surface area contributed by atoms with Crippen LogP contribution in [0.25, 0.3) is 0 Å². The number of amides is 1. The number of carbonyl (C=O) groups is 6. The first-order valence-electron chi connectivity index (χ1n) is 44.1. The number of esters is 5. The maximum absolute atomic E-state index is 15.6. The molecule has 6 fully saturated rings. The van der Waals surface area contributed by atoms with E-state index in [4.69, 9.17) is 94.7 Å². The smallest absolute Gasteiger partial charge is 0.412 e. The molecule has 0 saturated carbocycles. The van der Waals surface area contributed by atoms with E-state index in [2.05, 4.69) is 0 Å². The molecule has 0 aromatic heterocycles. The van der Waals surface area contributed by atoms with Crippen molar-refractivity contribution >= 4 is 35.9 Å². The quantitative estimate of drug-likeness (QED) is 0.0210. The van der Waals surface area contributed by atoms with Gasteiger partial charge in [-0.25, -0.2) is 28.8 Å². The summed E-state index contributed by atoms with van der Waals surface area (Å²) in [4.78, 5) is 91.6. The Hall–Kier alpha value is -12.5. The molecule has 0 bridgehead atoms. The first-order chi connectivity index (χ1) is 64.7. The number of carbonyl (C=O) groups excluding carboxylic acids is 6. The normalized spacial score (nSPS) is 27.3. The summed E-state index contributed by atoms with van der Waals surface area (Å²) in [5, 5.41) is 0. The van der Waals surface area contributed by atoms with E-state index in [1.54, 1.807) is 166 Å². The topological polar surface area (TPSA) is 290 Å². The van der Waals surface area contributed by atoms with E-state index in [0.717, 1.165) is 22.3 Å². The average molecular weight is 1790 g/mol. The Bertz CT molecular complexity index is 5490. The zero-order valence-electron chi connectivity index (χ0n) is 72.4. The minimum Gasteiger partial charge on any atom is -0.455 e. The third-order valence-corrected chi connectivity index (χ3v) is 23.7. The van der Waals surface area contributed by atoms with Crippen molar-refractivity contribution in [2.75, 3.05) is 33.2 Å². The first-order valence-corrected chi connectivity index (χ1v) is 44.1. The molecule has 682 valence electrons. The summed E-state index contributed by atoms with van der Waals surface area (Å²) in [6.45, 7) is 2.11. The van der Waals surface area contributed by atoms with Crippen molar-refractivity contribution in [3.8, 4) is 0 Å². The third kappa shape index (κ3) is 23.0. The van der Waals surface area contributed by atoms with Gasteiger partial charge in [0, 0.05) is 23.0 Å². The number of benzene rings is 11. The lowest BCUT2D eigenvalue weighted by molar-refractivity contribution is -0.409. The maximum Gasteiger partial charge on any atom is 0.412 e. The molecule has 0 spiro atoms. The Morgan fingerprint density at radius 2 is 0.598 bits per heavy atom. The second-order valence-corrected chi connectivity index (χ2v) is 32.7. The summed E-state index contributed by atoms with van der Waals surface area (Å²) in [5.41, 5.74) is 5.03. The Balaban J connectivity index is 0.773. The maximum atomic E-state index is 15.6. The fourth-order valence-corrected chi connectivity index (χ4v) is 16.8. The highest BCUT2D eigenvalue weighted by Gasteiger charge is 2.61. The van der Waals surface area contributed by atoms with Crippen LogP contribution in [0.1, 0.15) is 112 Å². The fourth-order valence-electron chi connectivity index (χ4n) is 16.8. The Kier molecular flexibility index (Phi) is 30.9. The number of fused-ring (bicyclic) bond motifs is 2. The van der Waals surface area contributed by atoms with Gasteiger partial charge in [0.1, 0.15) is 68.3 Å². The highest BCUT2D eigenvalue weighted by Crippen LogP contribution is 2.46. The minimum atomic E-state index is -1.78. The van der Waals surface area contributed by atoms with Gasteiger partial charge in [-0.2, -0.15) is 0 Å². The SMILES string of the molecule is CC1C(OC(=O)c2ccccc2)C(COCc2ccccc2)OC(OC2C3OC(c4ccccc4)OCC3OC(OC3C(COCc4ccccc4)OC(OC4C5OC(c6ccccc6)OCC5OC(OCN(Cc5ccccc5)C(=O)OCc5ccccc5)C4OC(=O)c4ccccc4)C(OC(=O)c4ccccc4)C3C)C2OC(=O)c2ccccc2)C1OC(=O)c1ccccc1. The van der Waals surface area contributed by atoms with Crippen molar-refractivity contribution in [2.24, 2.45) is 11.8 Å². The van der Waals surface area contributed by atoms with Crippen LogP contribution in [0.2, 0.25) is 0 Å². The summed E-state index contributed by atoms with van der Waals surface area (Å²) in [6, 6.07) is 97.1. The van der Waals surface area contributed by atoms with E-state index in [-0.39, 0.29) is 80.6 Å². The van der Waals surface area contributed by atoms with Crippen LogP contribution >= 0.6 is 0 Å². The highest BCUT2D eigenvalue weighted by molar-refractivity contribution is 5.91. The van der Waals surface area contributed by atoms with Gasteiger partial charge in [0.25, 0.3) is 0 Å². The number of ether oxygens (including phenoxy) is 20. The lowest BCUT2D eigenvalue weighted by atomic mass is 9.89. The van der Waals surface area contributed by atoms with Gasteiger partial charge in [-0.3, -0.25) is 4.90 Å². The zero-order valence-corrected chi connectivity index (χ0v) is 72.4. The van der Waals surface area contributed by atoms with Crippen molar-refractivity contribution in [3.63, 3.8) is 0 Å². The summed E-state index contributed by atoms with van der Waals surface area (Å²) in [7, 11) is 0. The van der Waals surface area contributed by atoms with E-state index in [0.29, 0.717) is 11.1 Å². The molecule has 1 amide bonds. The van der Waals surface area contributed by atoms with Crippen molar-refractivity contribution in [1.29, 1.82) is 0 Å². The number of nitrogens with zero attached hydrogens (tertiary/aromatic N) is 1. The summed E-state index contributed by atoms with van der Waals surface area (Å²) in [6.07, 6.45) is -29.3. The van der Waals surface area contributed by atoms with Crippen molar-refractivity contribution in [2.45, 2.75) is 163 Å². The third-order valence-electron chi connectivity index (χ3n) is 23.7. The van der Waals surface area contributed by atoms with Gasteiger partial charge in [-0.05, 0) is 82.9 Å². The Morgan fingerprint density at radius 1 is 0.303 bits per heavy atom. The summed E-state index contributed by atoms with van der Waals surface area (Å²) in [5.74, 6) is -6.16. The largest absolute Gasteiger partial charge is 0.455 e. The van der Waals surface area contributed by atoms with Gasteiger partial charge >= 0.3 is 35.9 Å². The second-order valence-electron chi connectivity index (χ2n) is 32.7. The van der Waals surface area contributed by atoms with Gasteiger partial charge in [0.15, 0.2) is 62.2 Å². The van der Waals surface area contributed by atoms with Crippen LogP contribution in [-0.4, -0.2) is 185 Å². The van der Waals surface area contributed by atoms with Gasteiger partial charge in [0.2, 0.25) is 0 Å². The van der Waals surface area contributed by atoms with E-state index in [1.807, 2.05) is 182 Å². The molecule has 0 radical (unpaired) electrons. The average Bonchev–Trinajstić information content (AvgIpc) is 0.750. The molecular formula is C105H101NO26. The Labute approximate surface area is 763 Å². The van der Waals surface area contributed by atoms with Crippen LogP contribution in [0.4, 0.5) is 4.79 Å². The lowest BCUT2D eigenvalue weighted by Gasteiger charge is -2.53. The molecule has 17 rings (SSSR count). The second kappa shape index (κ2) is 44.6. The lowest BCUT2D eigenvalue weighted by Crippen LogP contribution is -2.68. The van der Waals surface area contributed by atoms with Gasteiger partial charge in [-0.15, -0.1) is 0 Å². The van der Waals surface area contributed by atoms with Crippen LogP contribution in [0.15, 0.2) is 334 Å². The van der Waals surface area contributed by atoms with Gasteiger partial charge in [-0.1, -0.05) is 287 Å². The molecule has 132 heavy (non-hydrogen) atoms. The highest BCUT2D eigenvalue weighted by atomic mass is 16.8. The fraction of sp³-hybridized carbons (Fsp3) is 0.314. The van der Waals surface area contributed by atoms with Crippen LogP contribution < -0.4 is 0 Å². The van der Waals surface area contributed by atoms with E-state index >= 15 is 14.4 Å². The number of hydrogen-bond donors (Lipinski definition) is 0. The van der Waals surface area contributed by atoms with Gasteiger partial charge in [0.05, 0.1) is 80.1 Å². The monoisotopic (exact) mass is 1790 g/mol. The van der Waals surface area contributed by atoms with Crippen LogP contribution in [-0.2, 0) is 121 Å². The zero-order chi connectivity index (χ0) is 90.5. The molecule has 27 heteroatoms.